The van der Waals surface area contributed by atoms with Crippen molar-refractivity contribution in [1.29, 1.82) is 0 Å². The molecule has 3 aromatic heterocycles. The van der Waals surface area contributed by atoms with Gasteiger partial charge in [-0.05, 0) is 106 Å². The van der Waals surface area contributed by atoms with Gasteiger partial charge in [-0.1, -0.05) is 61.5 Å². The number of esters is 2. The number of aryl methyl sites for hydroxylation is 1. The Morgan fingerprint density at radius 3 is 1.58 bits per heavy atom. The number of nitrogens with one attached hydrogen (secondary N) is 1. The maximum Gasteiger partial charge on any atom is 0.310 e. The number of nitrogens with zero attached hydrogens (tertiary/aromatic N) is 9. The highest BCUT2D eigenvalue weighted by Crippen LogP contribution is 2.24. The molecule has 0 aliphatic carbocycles. The molecule has 0 unspecified atom stereocenters. The van der Waals surface area contributed by atoms with Crippen LogP contribution in [0.15, 0.2) is 114 Å². The second kappa shape index (κ2) is 30.1. The monoisotopic (exact) mass is 1070 g/mol. The molecule has 2 aliphatic rings. The van der Waals surface area contributed by atoms with E-state index in [2.05, 4.69) is 56.0 Å². The number of fused-ring (bicyclic) bond motifs is 1. The fourth-order valence-corrected chi connectivity index (χ4v) is 7.98. The molecule has 2 saturated heterocycles. The van der Waals surface area contributed by atoms with Gasteiger partial charge in [0.15, 0.2) is 5.78 Å². The quantitative estimate of drug-likeness (QED) is 0.0594. The number of benzene rings is 4. The standard InChI is InChI=1S/C23H21N5O3.C15H16N4O4.C8H9NO.C6H15N.C4H6O3/c1-15-18-4-2-3-5-19(18)24-22(29)21(15)20-14-28(26-25-20)17-8-6-16(7-9-17)23(30)27-10-12-31-13-11-27;20-14(21)9-12-10-19(17-16-12)13-3-1-11(2-4-13)15(22)18-5-7-23-8-6-18;1-6(10)7-4-2-3-5-8(7)9;1-4-7(5-2)6-3;1-3(5)7-4(2)6/h2-9,14H,10-13H2,1H3,(H,24,29);1-4,10H,5-9H2,(H,20,21);2-5H,9H2,1H3;4-6H2,1-3H3;1-2H3. The number of carbonyl (C=O) groups is 6. The Hall–Kier alpha value is -8.73. The first-order chi connectivity index (χ1) is 37.4. The number of para-hydroxylation sites is 2. The van der Waals surface area contributed by atoms with Gasteiger partial charge in [0.1, 0.15) is 5.69 Å². The molecule has 2 amide bonds. The smallest absolute Gasteiger partial charge is 0.310 e. The van der Waals surface area contributed by atoms with Gasteiger partial charge >= 0.3 is 17.9 Å². The fourth-order valence-electron chi connectivity index (χ4n) is 7.98. The number of hydrogen-bond donors (Lipinski definition) is 3. The summed E-state index contributed by atoms with van der Waals surface area (Å²) in [4.78, 5) is 87.6. The molecule has 2 aliphatic heterocycles. The Bertz CT molecular complexity index is 3160. The van der Waals surface area contributed by atoms with Crippen molar-refractivity contribution in [3.8, 4) is 22.6 Å². The van der Waals surface area contributed by atoms with E-state index in [1.807, 2.05) is 49.4 Å². The first-order valence-corrected chi connectivity index (χ1v) is 25.3. The minimum Gasteiger partial charge on any atom is -0.481 e. The summed E-state index contributed by atoms with van der Waals surface area (Å²) in [5.41, 5.74) is 12.2. The lowest BCUT2D eigenvalue weighted by Gasteiger charge is -2.26. The molecule has 22 heteroatoms. The summed E-state index contributed by atoms with van der Waals surface area (Å²) in [7, 11) is 0. The number of ether oxygens (including phenoxy) is 3. The number of nitrogens with two attached hydrogens (primary N) is 1. The molecule has 2 fully saturated rings. The van der Waals surface area contributed by atoms with E-state index in [1.165, 1.54) is 45.1 Å². The van der Waals surface area contributed by atoms with E-state index in [0.29, 0.717) is 97.6 Å². The number of aliphatic carboxylic acids is 1. The molecule has 0 radical (unpaired) electrons. The van der Waals surface area contributed by atoms with Gasteiger partial charge in [-0.3, -0.25) is 33.6 Å². The molecule has 78 heavy (non-hydrogen) atoms. The number of amides is 2. The number of aromatic nitrogens is 7. The van der Waals surface area contributed by atoms with Gasteiger partial charge in [-0.15, -0.1) is 10.2 Å². The lowest BCUT2D eigenvalue weighted by Crippen LogP contribution is -2.40. The van der Waals surface area contributed by atoms with Gasteiger partial charge < -0.3 is 44.7 Å². The maximum atomic E-state index is 12.7. The Kier molecular flexibility index (Phi) is 23.2. The Balaban J connectivity index is 0.000000207. The third-order valence-corrected chi connectivity index (χ3v) is 12.1. The average Bonchev–Trinajstić information content (AvgIpc) is 4.20. The second-order valence-electron chi connectivity index (χ2n) is 17.5. The number of carboxylic acid groups (broad SMARTS) is 1. The van der Waals surface area contributed by atoms with Crippen LogP contribution in [0.2, 0.25) is 0 Å². The molecular weight excluding hydrogens is 1000 g/mol. The third-order valence-electron chi connectivity index (χ3n) is 12.1. The highest BCUT2D eigenvalue weighted by Gasteiger charge is 2.21. The van der Waals surface area contributed by atoms with Gasteiger partial charge in [0.05, 0.1) is 67.9 Å². The van der Waals surface area contributed by atoms with Crippen molar-refractivity contribution >= 4 is 52.1 Å². The van der Waals surface area contributed by atoms with E-state index in [9.17, 15) is 33.6 Å². The second-order valence-corrected chi connectivity index (χ2v) is 17.5. The number of morpholine rings is 2. The highest BCUT2D eigenvalue weighted by molar-refractivity contribution is 5.99. The summed E-state index contributed by atoms with van der Waals surface area (Å²) in [5, 5.41) is 25.8. The normalized spacial score (nSPS) is 12.8. The number of ketones is 1. The number of carboxylic acids is 1. The summed E-state index contributed by atoms with van der Waals surface area (Å²) < 4.78 is 17.6. The number of hydrogen-bond acceptors (Lipinski definition) is 16. The van der Waals surface area contributed by atoms with Crippen molar-refractivity contribution in [3.63, 3.8) is 0 Å². The van der Waals surface area contributed by atoms with Crippen LogP contribution in [0, 0.1) is 6.92 Å². The average molecular weight is 1070 g/mol. The minimum atomic E-state index is -0.955. The van der Waals surface area contributed by atoms with Crippen LogP contribution in [0.5, 0.6) is 0 Å². The van der Waals surface area contributed by atoms with Crippen LogP contribution in [0.1, 0.15) is 83.9 Å². The molecule has 22 nitrogen and oxygen atoms in total. The fraction of sp³-hybridized carbons (Fsp3) is 0.339. The van der Waals surface area contributed by atoms with Crippen LogP contribution in [-0.2, 0) is 35.0 Å². The Labute approximate surface area is 451 Å². The topological polar surface area (TPSA) is 280 Å². The Morgan fingerprint density at radius 2 is 1.14 bits per heavy atom. The van der Waals surface area contributed by atoms with Gasteiger partial charge in [0, 0.05) is 73.3 Å². The maximum absolute atomic E-state index is 12.7. The predicted octanol–water partition coefficient (Wildman–Crippen LogP) is 5.84. The van der Waals surface area contributed by atoms with Gasteiger partial charge in [-0.2, -0.15) is 0 Å². The van der Waals surface area contributed by atoms with Gasteiger partial charge in [0.25, 0.3) is 17.4 Å². The van der Waals surface area contributed by atoms with Crippen LogP contribution in [0.3, 0.4) is 0 Å². The lowest BCUT2D eigenvalue weighted by atomic mass is 10.0. The first-order valence-electron chi connectivity index (χ1n) is 25.3. The molecular formula is C56H67N11O11. The van der Waals surface area contributed by atoms with Crippen molar-refractivity contribution in [2.24, 2.45) is 0 Å². The highest BCUT2D eigenvalue weighted by atomic mass is 16.6. The summed E-state index contributed by atoms with van der Waals surface area (Å²) in [6.45, 7) is 20.6. The molecule has 4 N–H and O–H groups in total. The van der Waals surface area contributed by atoms with Crippen molar-refractivity contribution in [1.82, 2.24) is 49.7 Å². The van der Waals surface area contributed by atoms with Crippen LogP contribution < -0.4 is 11.3 Å². The molecule has 0 atom stereocenters. The van der Waals surface area contributed by atoms with E-state index >= 15 is 0 Å². The lowest BCUT2D eigenvalue weighted by molar-refractivity contribution is -0.156. The van der Waals surface area contributed by atoms with Crippen LogP contribution in [-0.4, -0.2) is 163 Å². The summed E-state index contributed by atoms with van der Waals surface area (Å²) >= 11 is 0. The summed E-state index contributed by atoms with van der Waals surface area (Å²) in [5.74, 6) is -2.10. The molecule has 4 aromatic carbocycles. The Morgan fingerprint density at radius 1 is 0.667 bits per heavy atom. The molecule has 412 valence electrons. The summed E-state index contributed by atoms with van der Waals surface area (Å²) in [6, 6.07) is 28.9. The molecule has 9 rings (SSSR count). The largest absolute Gasteiger partial charge is 0.481 e. The molecule has 7 aromatic rings. The predicted molar refractivity (Wildman–Crippen MR) is 293 cm³/mol. The van der Waals surface area contributed by atoms with Gasteiger partial charge in [0.2, 0.25) is 0 Å². The zero-order chi connectivity index (χ0) is 56.7. The van der Waals surface area contributed by atoms with Crippen molar-refractivity contribution in [2.75, 3.05) is 78.0 Å². The van der Waals surface area contributed by atoms with Crippen LogP contribution >= 0.6 is 0 Å². The first kappa shape index (κ1) is 60.1. The van der Waals surface area contributed by atoms with E-state index < -0.39 is 17.9 Å². The number of carbonyl (C=O) groups excluding carboxylic acids is 5. The minimum absolute atomic E-state index is 0.00699. The number of nitrogen functional groups attached to an aromatic ring is 1. The van der Waals surface area contributed by atoms with E-state index in [-0.39, 0.29) is 29.6 Å². The number of aromatic amines is 1. The van der Waals surface area contributed by atoms with E-state index in [1.54, 1.807) is 81.5 Å². The van der Waals surface area contributed by atoms with Crippen LogP contribution in [0.4, 0.5) is 5.69 Å². The zero-order valence-electron chi connectivity index (χ0n) is 45.0. The van der Waals surface area contributed by atoms with E-state index in [4.69, 9.17) is 20.3 Å². The number of anilines is 1. The molecule has 5 heterocycles. The summed E-state index contributed by atoms with van der Waals surface area (Å²) in [6.07, 6.45) is 3.12. The van der Waals surface area contributed by atoms with E-state index in [0.717, 1.165) is 22.2 Å². The third kappa shape index (κ3) is 17.7. The number of H-pyrrole nitrogens is 1. The van der Waals surface area contributed by atoms with Crippen molar-refractivity contribution < 1.29 is 48.1 Å². The number of rotatable bonds is 11. The number of pyridine rings is 1. The zero-order valence-corrected chi connectivity index (χ0v) is 45.0. The van der Waals surface area contributed by atoms with Crippen LogP contribution in [0.25, 0.3) is 33.5 Å². The van der Waals surface area contributed by atoms with Crippen molar-refractivity contribution in [2.45, 2.75) is 54.9 Å². The molecule has 0 saturated carbocycles. The SMILES string of the molecule is CC(=O)OC(C)=O.CC(=O)c1ccccc1N.CCN(CC)CC.Cc1c(-c2cn(-c3ccc(C(=O)N4CCOCC4)cc3)nn2)c(=O)[nH]c2ccccc12.O=C(O)Cc1cn(-c2ccc(C(=O)N3CCOCC3)cc2)nn1. The van der Waals surface area contributed by atoms with Crippen molar-refractivity contribution in [3.05, 3.63) is 148 Å². The van der Waals surface area contributed by atoms with Gasteiger partial charge in [-0.25, -0.2) is 9.36 Å². The molecule has 0 bridgehead atoms. The number of Topliss-reactive ketones (excluding diaryl/α,β-unsaturated/α-hetero) is 1. The molecule has 0 spiro atoms.